The van der Waals surface area contributed by atoms with Gasteiger partial charge in [-0.25, -0.2) is 0 Å². The number of nitrogens with zero attached hydrogens (tertiary/aromatic N) is 1. The van der Waals surface area contributed by atoms with Crippen LogP contribution in [-0.2, 0) is 16.1 Å². The Kier molecular flexibility index (Phi) is 3.30. The monoisotopic (exact) mass is 283 g/mol. The fourth-order valence-electron chi connectivity index (χ4n) is 2.16. The van der Waals surface area contributed by atoms with Crippen LogP contribution in [0.5, 0.6) is 0 Å². The van der Waals surface area contributed by atoms with Crippen molar-refractivity contribution in [3.05, 3.63) is 33.8 Å². The zero-order valence-corrected chi connectivity index (χ0v) is 11.0. The highest BCUT2D eigenvalue weighted by molar-refractivity contribution is 9.10. The van der Waals surface area contributed by atoms with Gasteiger partial charge < -0.3 is 4.74 Å². The number of fused-ring (bicyclic) bond motifs is 1. The molecule has 0 spiro atoms. The first-order valence-corrected chi connectivity index (χ1v) is 5.96. The van der Waals surface area contributed by atoms with Crippen molar-refractivity contribution in [2.24, 2.45) is 0 Å². The minimum atomic E-state index is -0.160. The van der Waals surface area contributed by atoms with Crippen molar-refractivity contribution in [1.29, 1.82) is 0 Å². The summed E-state index contributed by atoms with van der Waals surface area (Å²) in [4.78, 5) is 13.5. The molecule has 0 radical (unpaired) electrons. The number of hydrogen-bond donors (Lipinski definition) is 0. The number of esters is 1. The van der Waals surface area contributed by atoms with Crippen molar-refractivity contribution in [3.63, 3.8) is 0 Å². The zero-order chi connectivity index (χ0) is 11.7. The fourth-order valence-corrected chi connectivity index (χ4v) is 2.57. The Labute approximate surface area is 104 Å². The second kappa shape index (κ2) is 4.55. The highest BCUT2D eigenvalue weighted by Crippen LogP contribution is 2.36. The number of carbonyl (C=O) groups excluding carboxylic acids is 1. The second-order valence-corrected chi connectivity index (χ2v) is 4.97. The first-order valence-electron chi connectivity index (χ1n) is 5.17. The molecule has 1 unspecified atom stereocenters. The minimum Gasteiger partial charge on any atom is -0.469 e. The highest BCUT2D eigenvalue weighted by atomic mass is 79.9. The lowest BCUT2D eigenvalue weighted by atomic mass is 10.0. The van der Waals surface area contributed by atoms with Crippen LogP contribution in [0.4, 0.5) is 0 Å². The molecule has 0 N–H and O–H groups in total. The van der Waals surface area contributed by atoms with E-state index in [-0.39, 0.29) is 12.0 Å². The maximum absolute atomic E-state index is 11.3. The van der Waals surface area contributed by atoms with Gasteiger partial charge in [-0.05, 0) is 30.3 Å². The first-order chi connectivity index (χ1) is 7.61. The molecule has 0 bridgehead atoms. The van der Waals surface area contributed by atoms with Crippen LogP contribution in [-0.4, -0.2) is 25.0 Å². The molecule has 16 heavy (non-hydrogen) atoms. The van der Waals surface area contributed by atoms with E-state index in [0.717, 1.165) is 11.0 Å². The van der Waals surface area contributed by atoms with Gasteiger partial charge in [-0.15, -0.1) is 0 Å². The van der Waals surface area contributed by atoms with E-state index in [4.69, 9.17) is 4.74 Å². The Morgan fingerprint density at radius 3 is 3.06 bits per heavy atom. The molecule has 0 fully saturated rings. The van der Waals surface area contributed by atoms with E-state index in [2.05, 4.69) is 33.0 Å². The molecule has 1 atom stereocenters. The second-order valence-electron chi connectivity index (χ2n) is 4.05. The third-order valence-corrected chi connectivity index (χ3v) is 3.50. The third-order valence-electron chi connectivity index (χ3n) is 3.00. The summed E-state index contributed by atoms with van der Waals surface area (Å²) in [7, 11) is 3.46. The van der Waals surface area contributed by atoms with Gasteiger partial charge in [-0.2, -0.15) is 0 Å². The summed E-state index contributed by atoms with van der Waals surface area (Å²) in [5.74, 6) is -0.160. The van der Waals surface area contributed by atoms with Crippen LogP contribution in [0.2, 0.25) is 0 Å². The lowest BCUT2D eigenvalue weighted by molar-refractivity contribution is -0.141. The van der Waals surface area contributed by atoms with E-state index in [1.54, 1.807) is 0 Å². The maximum atomic E-state index is 11.3. The largest absolute Gasteiger partial charge is 0.469 e. The number of hydrogen-bond acceptors (Lipinski definition) is 3. The predicted molar refractivity (Wildman–Crippen MR) is 65.0 cm³/mol. The molecule has 0 amide bonds. The Bertz CT molecular complexity index is 419. The highest BCUT2D eigenvalue weighted by Gasteiger charge is 2.29. The maximum Gasteiger partial charge on any atom is 0.307 e. The van der Waals surface area contributed by atoms with Crippen LogP contribution in [0, 0.1) is 0 Å². The standard InChI is InChI=1S/C12H14BrNO2/c1-14-7-8-5-9(13)3-4-10(8)11(14)6-12(15)16-2/h3-5,11H,6-7H2,1-2H3. The van der Waals surface area contributed by atoms with Crippen LogP contribution < -0.4 is 0 Å². The van der Waals surface area contributed by atoms with Crippen LogP contribution in [0.3, 0.4) is 0 Å². The SMILES string of the molecule is COC(=O)CC1c2ccc(Br)cc2CN1C. The van der Waals surface area contributed by atoms with E-state index < -0.39 is 0 Å². The number of rotatable bonds is 2. The Morgan fingerprint density at radius 2 is 2.38 bits per heavy atom. The summed E-state index contributed by atoms with van der Waals surface area (Å²) >= 11 is 3.46. The van der Waals surface area contributed by atoms with E-state index in [9.17, 15) is 4.79 Å². The van der Waals surface area contributed by atoms with Crippen molar-refractivity contribution >= 4 is 21.9 Å². The lowest BCUT2D eigenvalue weighted by Gasteiger charge is -2.18. The zero-order valence-electron chi connectivity index (χ0n) is 9.37. The summed E-state index contributed by atoms with van der Waals surface area (Å²) in [5.41, 5.74) is 2.52. The van der Waals surface area contributed by atoms with Gasteiger partial charge in [0, 0.05) is 17.1 Å². The van der Waals surface area contributed by atoms with Gasteiger partial charge in [0.1, 0.15) is 0 Å². The fraction of sp³-hybridized carbons (Fsp3) is 0.417. The van der Waals surface area contributed by atoms with Crippen molar-refractivity contribution in [2.45, 2.75) is 19.0 Å². The molecule has 0 aromatic heterocycles. The summed E-state index contributed by atoms with van der Waals surface area (Å²) in [5, 5.41) is 0. The molecular formula is C12H14BrNO2. The number of methoxy groups -OCH3 is 1. The van der Waals surface area contributed by atoms with Gasteiger partial charge in [0.25, 0.3) is 0 Å². The van der Waals surface area contributed by atoms with E-state index in [1.165, 1.54) is 18.2 Å². The topological polar surface area (TPSA) is 29.5 Å². The number of ether oxygens (including phenoxy) is 1. The molecule has 1 heterocycles. The summed E-state index contributed by atoms with van der Waals surface area (Å²) < 4.78 is 5.81. The Morgan fingerprint density at radius 1 is 1.62 bits per heavy atom. The van der Waals surface area contributed by atoms with Gasteiger partial charge in [0.2, 0.25) is 0 Å². The smallest absolute Gasteiger partial charge is 0.307 e. The average Bonchev–Trinajstić information content (AvgIpc) is 2.54. The molecule has 1 aliphatic rings. The molecule has 2 rings (SSSR count). The van der Waals surface area contributed by atoms with Crippen molar-refractivity contribution in [3.8, 4) is 0 Å². The molecule has 0 aliphatic carbocycles. The Hall–Kier alpha value is -0.870. The first kappa shape index (κ1) is 11.6. The molecule has 4 heteroatoms. The van der Waals surface area contributed by atoms with Crippen LogP contribution in [0.1, 0.15) is 23.6 Å². The number of halogens is 1. The van der Waals surface area contributed by atoms with E-state index in [1.807, 2.05) is 13.1 Å². The van der Waals surface area contributed by atoms with Crippen molar-refractivity contribution in [2.75, 3.05) is 14.2 Å². The third kappa shape index (κ3) is 2.13. The van der Waals surface area contributed by atoms with E-state index >= 15 is 0 Å². The van der Waals surface area contributed by atoms with Gasteiger partial charge in [0.15, 0.2) is 0 Å². The molecule has 3 nitrogen and oxygen atoms in total. The molecule has 1 aliphatic heterocycles. The Balaban J connectivity index is 2.26. The molecule has 86 valence electrons. The minimum absolute atomic E-state index is 0.149. The number of benzene rings is 1. The molecule has 1 aromatic rings. The summed E-state index contributed by atoms with van der Waals surface area (Å²) in [6.07, 6.45) is 0.418. The lowest BCUT2D eigenvalue weighted by Crippen LogP contribution is -2.20. The summed E-state index contributed by atoms with van der Waals surface area (Å²) in [6.45, 7) is 0.885. The van der Waals surface area contributed by atoms with Gasteiger partial charge >= 0.3 is 5.97 Å². The van der Waals surface area contributed by atoms with Gasteiger partial charge in [-0.1, -0.05) is 22.0 Å². The van der Waals surface area contributed by atoms with Crippen molar-refractivity contribution in [1.82, 2.24) is 4.90 Å². The van der Waals surface area contributed by atoms with Crippen LogP contribution in [0.25, 0.3) is 0 Å². The van der Waals surface area contributed by atoms with Crippen LogP contribution >= 0.6 is 15.9 Å². The molecule has 0 saturated heterocycles. The van der Waals surface area contributed by atoms with Gasteiger partial charge in [0.05, 0.1) is 13.5 Å². The average molecular weight is 284 g/mol. The van der Waals surface area contributed by atoms with Crippen LogP contribution in [0.15, 0.2) is 22.7 Å². The number of carbonyl (C=O) groups is 1. The predicted octanol–water partition coefficient (Wildman–Crippen LogP) is 2.50. The normalized spacial score (nSPS) is 19.6. The van der Waals surface area contributed by atoms with Crippen molar-refractivity contribution < 1.29 is 9.53 Å². The van der Waals surface area contributed by atoms with Gasteiger partial charge in [-0.3, -0.25) is 9.69 Å². The molecule has 1 aromatic carbocycles. The molecular weight excluding hydrogens is 270 g/mol. The molecule has 0 saturated carbocycles. The van der Waals surface area contributed by atoms with E-state index in [0.29, 0.717) is 6.42 Å². The summed E-state index contributed by atoms with van der Waals surface area (Å²) in [6, 6.07) is 6.36. The quantitative estimate of drug-likeness (QED) is 0.781.